The second kappa shape index (κ2) is 13.7. The van der Waals surface area contributed by atoms with Gasteiger partial charge in [0.25, 0.3) is 0 Å². The topological polar surface area (TPSA) is 102 Å². The number of benzene rings is 2. The lowest BCUT2D eigenvalue weighted by atomic mass is 9.83. The summed E-state index contributed by atoms with van der Waals surface area (Å²) in [6, 6.07) is 11.6. The van der Waals surface area contributed by atoms with E-state index in [1.165, 1.54) is 6.42 Å². The van der Waals surface area contributed by atoms with Gasteiger partial charge in [-0.2, -0.15) is 0 Å². The molecule has 0 saturated carbocycles. The van der Waals surface area contributed by atoms with Gasteiger partial charge < -0.3 is 35.3 Å². The van der Waals surface area contributed by atoms with Crippen LogP contribution in [-0.2, 0) is 17.8 Å². The molecule has 0 aliphatic carbocycles. The first-order valence-corrected chi connectivity index (χ1v) is 16.6. The summed E-state index contributed by atoms with van der Waals surface area (Å²) in [5.74, 6) is 9.86. The quantitative estimate of drug-likeness (QED) is 0.254. The minimum atomic E-state index is -0.523. The molecule has 0 saturated heterocycles. The number of phenolic OH excluding ortho intramolecular Hbond substituents is 1. The Labute approximate surface area is 267 Å². The highest BCUT2D eigenvalue weighted by Crippen LogP contribution is 2.33. The molecule has 5 unspecified atom stereocenters. The van der Waals surface area contributed by atoms with Gasteiger partial charge in [0.1, 0.15) is 12.4 Å². The molecule has 3 aliphatic heterocycles. The fourth-order valence-corrected chi connectivity index (χ4v) is 6.78. The minimum Gasteiger partial charge on any atom is -0.504 e. The van der Waals surface area contributed by atoms with Crippen molar-refractivity contribution < 1.29 is 19.7 Å². The van der Waals surface area contributed by atoms with E-state index in [1.807, 2.05) is 24.3 Å². The molecule has 45 heavy (non-hydrogen) atoms. The molecule has 5 atom stereocenters. The van der Waals surface area contributed by atoms with Gasteiger partial charge >= 0.3 is 0 Å². The highest BCUT2D eigenvalue weighted by Gasteiger charge is 2.26. The lowest BCUT2D eigenvalue weighted by Gasteiger charge is -2.28. The normalized spacial score (nSPS) is 25.8. The molecule has 7 heteroatoms. The van der Waals surface area contributed by atoms with Crippen molar-refractivity contribution in [1.29, 1.82) is 0 Å². The van der Waals surface area contributed by atoms with E-state index in [9.17, 15) is 10.2 Å². The number of nitrogens with zero attached hydrogens (tertiary/aromatic N) is 1. The number of hydrogen-bond acceptors (Lipinski definition) is 6. The summed E-state index contributed by atoms with van der Waals surface area (Å²) < 4.78 is 15.0. The van der Waals surface area contributed by atoms with Crippen LogP contribution in [0.1, 0.15) is 70.4 Å². The number of ether oxygens (including phenoxy) is 2. The van der Waals surface area contributed by atoms with Crippen molar-refractivity contribution in [2.45, 2.75) is 90.7 Å². The van der Waals surface area contributed by atoms with E-state index in [0.29, 0.717) is 50.1 Å². The van der Waals surface area contributed by atoms with Crippen LogP contribution in [0.3, 0.4) is 0 Å². The monoisotopic (exact) mass is 609 g/mol. The van der Waals surface area contributed by atoms with E-state index >= 15 is 0 Å². The van der Waals surface area contributed by atoms with Gasteiger partial charge in [-0.1, -0.05) is 63.3 Å². The molecular weight excluding hydrogens is 562 g/mol. The van der Waals surface area contributed by atoms with Crippen LogP contribution < -0.4 is 15.8 Å². The highest BCUT2D eigenvalue weighted by molar-refractivity contribution is 5.87. The number of aromatic hydroxyl groups is 1. The number of nitrogens with two attached hydrogens (primary N) is 1. The molecular formula is C38H47N3O4. The summed E-state index contributed by atoms with van der Waals surface area (Å²) in [7, 11) is 0. The zero-order valence-corrected chi connectivity index (χ0v) is 26.8. The molecule has 3 aromatic rings. The van der Waals surface area contributed by atoms with Gasteiger partial charge in [0.05, 0.1) is 25.0 Å². The van der Waals surface area contributed by atoms with Gasteiger partial charge in [-0.05, 0) is 79.7 Å². The summed E-state index contributed by atoms with van der Waals surface area (Å²) in [6.07, 6.45) is 11.2. The van der Waals surface area contributed by atoms with E-state index in [1.54, 1.807) is 6.07 Å². The van der Waals surface area contributed by atoms with E-state index < -0.39 is 12.3 Å². The summed E-state index contributed by atoms with van der Waals surface area (Å²) in [4.78, 5) is 0. The van der Waals surface area contributed by atoms with Gasteiger partial charge in [0, 0.05) is 40.2 Å². The Morgan fingerprint density at radius 3 is 2.82 bits per heavy atom. The number of rotatable bonds is 3. The molecule has 0 radical (unpaired) electrons. The molecule has 0 fully saturated rings. The number of fused-ring (bicyclic) bond motifs is 6. The van der Waals surface area contributed by atoms with Crippen LogP contribution in [-0.4, -0.2) is 39.8 Å². The molecule has 6 rings (SSSR count). The van der Waals surface area contributed by atoms with Gasteiger partial charge in [-0.15, -0.1) is 0 Å². The number of phenols is 1. The predicted octanol–water partition coefficient (Wildman–Crippen LogP) is 6.48. The van der Waals surface area contributed by atoms with Crippen molar-refractivity contribution in [2.75, 3.05) is 6.61 Å². The maximum Gasteiger partial charge on any atom is 0.161 e. The van der Waals surface area contributed by atoms with Crippen LogP contribution in [0.5, 0.6) is 11.5 Å². The Morgan fingerprint density at radius 1 is 1.11 bits per heavy atom. The third-order valence-electron chi connectivity index (χ3n) is 9.58. The smallest absolute Gasteiger partial charge is 0.161 e. The number of hydrogen-bond donors (Lipinski definition) is 4. The Morgan fingerprint density at radius 2 is 1.98 bits per heavy atom. The number of aliphatic hydroxyl groups excluding tert-OH is 1. The van der Waals surface area contributed by atoms with Crippen LogP contribution in [0, 0.1) is 29.6 Å². The molecule has 238 valence electrons. The van der Waals surface area contributed by atoms with Crippen molar-refractivity contribution in [3.05, 3.63) is 77.1 Å². The number of nitrogens with one attached hydrogen (secondary N) is 1. The average Bonchev–Trinajstić information content (AvgIpc) is 3.45. The number of aryl methyl sites for hydroxylation is 1. The molecule has 4 heterocycles. The Hall–Kier alpha value is -3.70. The van der Waals surface area contributed by atoms with Crippen LogP contribution in [0.25, 0.3) is 16.6 Å². The zero-order valence-electron chi connectivity index (χ0n) is 26.8. The molecule has 6 bridgehead atoms. The Balaban J connectivity index is 1.45. The zero-order chi connectivity index (χ0) is 31.5. The number of dihydropyridines is 1. The highest BCUT2D eigenvalue weighted by atomic mass is 16.5. The lowest BCUT2D eigenvalue weighted by Crippen LogP contribution is -2.40. The lowest BCUT2D eigenvalue weighted by molar-refractivity contribution is 0.0139. The van der Waals surface area contributed by atoms with Gasteiger partial charge in [-0.25, -0.2) is 0 Å². The first-order valence-electron chi connectivity index (χ1n) is 16.6. The summed E-state index contributed by atoms with van der Waals surface area (Å²) in [5.41, 5.74) is 10.4. The Kier molecular flexibility index (Phi) is 9.56. The maximum atomic E-state index is 11.3. The number of aliphatic hydroxyl groups is 1. The van der Waals surface area contributed by atoms with Crippen LogP contribution in [0.2, 0.25) is 0 Å². The average molecular weight is 610 g/mol. The van der Waals surface area contributed by atoms with Crippen LogP contribution in [0.4, 0.5) is 0 Å². The van der Waals surface area contributed by atoms with Crippen molar-refractivity contribution in [1.82, 2.24) is 9.88 Å². The van der Waals surface area contributed by atoms with Gasteiger partial charge in [-0.3, -0.25) is 0 Å². The summed E-state index contributed by atoms with van der Waals surface area (Å²) in [6.45, 7) is 7.48. The number of aromatic nitrogens is 1. The van der Waals surface area contributed by atoms with Crippen molar-refractivity contribution in [2.24, 2.45) is 23.5 Å². The molecule has 2 aromatic carbocycles. The molecule has 1 aromatic heterocycles. The van der Waals surface area contributed by atoms with E-state index in [2.05, 4.69) is 67.0 Å². The fraction of sp³-hybridized carbons (Fsp3) is 0.474. The third-order valence-corrected chi connectivity index (χ3v) is 9.58. The molecule has 0 spiro atoms. The third kappa shape index (κ3) is 7.41. The maximum absolute atomic E-state index is 11.3. The molecule has 3 aliphatic rings. The van der Waals surface area contributed by atoms with E-state index in [-0.39, 0.29) is 17.8 Å². The second-order valence-electron chi connectivity index (χ2n) is 13.5. The Bertz CT molecular complexity index is 1640. The van der Waals surface area contributed by atoms with Gasteiger partial charge in [0.15, 0.2) is 11.5 Å². The van der Waals surface area contributed by atoms with Crippen molar-refractivity contribution >= 4 is 16.6 Å². The minimum absolute atomic E-state index is 0.106. The second-order valence-corrected chi connectivity index (χ2v) is 13.5. The largest absolute Gasteiger partial charge is 0.504 e. The van der Waals surface area contributed by atoms with Crippen LogP contribution >= 0.6 is 0 Å². The molecule has 5 N–H and O–H groups in total. The molecule has 0 amide bonds. The standard InChI is InChI=1S/C38H47N3O4/c1-24(2)7-11-27-13-15-32-19-31(42)14-9-26-10-16-35(43)36(17-26)45-22-30-6-4-5-29-20-41(21-33(29)30)38-34(23-44-32)28(12-8-25(27)3)18-37(39)40-38/h4-6,10,16-18,20-21,24-25,27,31-32,37,40,42-43H,7,9,11,13-15,19,22-23,39H2,1-3H3. The van der Waals surface area contributed by atoms with Crippen molar-refractivity contribution in [3.8, 4) is 23.3 Å². The van der Waals surface area contributed by atoms with E-state index in [0.717, 1.165) is 58.1 Å². The summed E-state index contributed by atoms with van der Waals surface area (Å²) >= 11 is 0. The van der Waals surface area contributed by atoms with Gasteiger partial charge in [0.2, 0.25) is 0 Å². The first kappa shape index (κ1) is 31.3. The first-order chi connectivity index (χ1) is 21.7. The molecule has 7 nitrogen and oxygen atoms in total. The fourth-order valence-electron chi connectivity index (χ4n) is 6.78. The van der Waals surface area contributed by atoms with E-state index in [4.69, 9.17) is 15.2 Å². The predicted molar refractivity (Wildman–Crippen MR) is 179 cm³/mol. The summed E-state index contributed by atoms with van der Waals surface area (Å²) in [5, 5.41) is 27.4. The SMILES string of the molecule is CC(C)CCC1CCC2CC(O)CCc3ccc(O)c(c3)OCc3cccc4cn(cc34)C3=C(CO2)C(=CC(N)N3)C#CC1C. The van der Waals surface area contributed by atoms with Crippen LogP contribution in [0.15, 0.2) is 66.0 Å². The van der Waals surface area contributed by atoms with Crippen molar-refractivity contribution in [3.63, 3.8) is 0 Å².